The third-order valence-electron chi connectivity index (χ3n) is 4.54. The minimum atomic E-state index is 0.811. The highest BCUT2D eigenvalue weighted by Crippen LogP contribution is 2.23. The van der Waals surface area contributed by atoms with E-state index in [4.69, 9.17) is 11.6 Å². The number of guanidine groups is 1. The van der Waals surface area contributed by atoms with Crippen LogP contribution < -0.4 is 5.32 Å². The predicted molar refractivity (Wildman–Crippen MR) is 107 cm³/mol. The molecule has 3 heterocycles. The first-order chi connectivity index (χ1) is 12.7. The summed E-state index contributed by atoms with van der Waals surface area (Å²) in [5.41, 5.74) is 0. The lowest BCUT2D eigenvalue weighted by molar-refractivity contribution is 0.173. The van der Waals surface area contributed by atoms with Gasteiger partial charge in [0.25, 0.3) is 0 Å². The molecule has 0 spiro atoms. The number of aliphatic imine (C=N–C) groups is 1. The minimum absolute atomic E-state index is 0.811. The Balaban J connectivity index is 1.43. The van der Waals surface area contributed by atoms with Crippen molar-refractivity contribution in [2.45, 2.75) is 26.4 Å². The second kappa shape index (κ2) is 9.34. The number of hydrogen-bond acceptors (Lipinski definition) is 5. The molecule has 0 amide bonds. The fourth-order valence-electron chi connectivity index (χ4n) is 3.13. The van der Waals surface area contributed by atoms with Gasteiger partial charge < -0.3 is 14.8 Å². The fraction of sp³-hybridized carbons (Fsp3) is 0.588. The van der Waals surface area contributed by atoms with E-state index < -0.39 is 0 Å². The van der Waals surface area contributed by atoms with Gasteiger partial charge >= 0.3 is 0 Å². The Labute approximate surface area is 163 Å². The van der Waals surface area contributed by atoms with Crippen LogP contribution in [0.25, 0.3) is 0 Å². The molecule has 0 aromatic carbocycles. The molecule has 1 aliphatic heterocycles. The first-order valence-corrected chi connectivity index (χ1v) is 10.2. The zero-order valence-corrected chi connectivity index (χ0v) is 16.9. The number of hydrogen-bond donors (Lipinski definition) is 1. The number of nitrogens with one attached hydrogen (secondary N) is 1. The van der Waals surface area contributed by atoms with Crippen molar-refractivity contribution in [2.24, 2.45) is 4.99 Å². The van der Waals surface area contributed by atoms with Gasteiger partial charge in [-0.1, -0.05) is 18.5 Å². The molecule has 9 heteroatoms. The molecule has 1 fully saturated rings. The third kappa shape index (κ3) is 4.96. The van der Waals surface area contributed by atoms with Crippen LogP contribution in [0.15, 0.2) is 23.5 Å². The van der Waals surface area contributed by atoms with E-state index in [0.717, 1.165) is 68.4 Å². The van der Waals surface area contributed by atoms with E-state index in [0.29, 0.717) is 0 Å². The topological polar surface area (TPSA) is 61.6 Å². The maximum Gasteiger partial charge on any atom is 0.193 e. The smallest absolute Gasteiger partial charge is 0.193 e. The number of thiophene rings is 1. The van der Waals surface area contributed by atoms with E-state index >= 15 is 0 Å². The average Bonchev–Trinajstić information content (AvgIpc) is 3.28. The molecule has 26 heavy (non-hydrogen) atoms. The second-order valence-corrected chi connectivity index (χ2v) is 8.04. The second-order valence-electron chi connectivity index (χ2n) is 6.24. The SMILES string of the molecule is CCc1nncn1CCNC(=NC)N1CCN(Cc2ccc(Cl)s2)CC1. The van der Waals surface area contributed by atoms with Gasteiger partial charge in [0, 0.05) is 64.2 Å². The monoisotopic (exact) mass is 395 g/mol. The van der Waals surface area contributed by atoms with Crippen LogP contribution in [-0.2, 0) is 19.5 Å². The minimum Gasteiger partial charge on any atom is -0.354 e. The molecule has 0 atom stereocenters. The molecule has 0 saturated carbocycles. The molecule has 7 nitrogen and oxygen atoms in total. The van der Waals surface area contributed by atoms with E-state index in [1.807, 2.05) is 13.1 Å². The number of nitrogens with zero attached hydrogens (tertiary/aromatic N) is 6. The summed E-state index contributed by atoms with van der Waals surface area (Å²) in [6.07, 6.45) is 2.69. The quantitative estimate of drug-likeness (QED) is 0.598. The van der Waals surface area contributed by atoms with Crippen molar-refractivity contribution in [2.75, 3.05) is 39.8 Å². The first kappa shape index (κ1) is 19.1. The van der Waals surface area contributed by atoms with Crippen LogP contribution in [0.5, 0.6) is 0 Å². The van der Waals surface area contributed by atoms with E-state index in [-0.39, 0.29) is 0 Å². The lowest BCUT2D eigenvalue weighted by Gasteiger charge is -2.36. The molecule has 0 bridgehead atoms. The maximum atomic E-state index is 6.02. The highest BCUT2D eigenvalue weighted by Gasteiger charge is 2.20. The van der Waals surface area contributed by atoms with Crippen LogP contribution >= 0.6 is 22.9 Å². The van der Waals surface area contributed by atoms with Crippen molar-refractivity contribution in [1.29, 1.82) is 0 Å². The van der Waals surface area contributed by atoms with Crippen molar-refractivity contribution in [3.63, 3.8) is 0 Å². The summed E-state index contributed by atoms with van der Waals surface area (Å²) in [7, 11) is 1.85. The van der Waals surface area contributed by atoms with Gasteiger partial charge in [-0.3, -0.25) is 9.89 Å². The third-order valence-corrected chi connectivity index (χ3v) is 5.76. The summed E-state index contributed by atoms with van der Waals surface area (Å²) >= 11 is 7.69. The zero-order valence-electron chi connectivity index (χ0n) is 15.4. The van der Waals surface area contributed by atoms with Gasteiger partial charge in [0.15, 0.2) is 5.96 Å². The molecule has 0 aliphatic carbocycles. The van der Waals surface area contributed by atoms with E-state index in [9.17, 15) is 0 Å². The normalized spacial score (nSPS) is 16.3. The standard InChI is InChI=1S/C17H26ClN7S/c1-3-16-22-21-13-25(16)7-6-20-17(19-2)24-10-8-23(9-11-24)12-14-4-5-15(18)26-14/h4-5,13H,3,6-12H2,1-2H3,(H,19,20). The fourth-order valence-corrected chi connectivity index (χ4v) is 4.26. The molecule has 2 aromatic rings. The van der Waals surface area contributed by atoms with Gasteiger partial charge in [-0.25, -0.2) is 0 Å². The molecule has 142 valence electrons. The van der Waals surface area contributed by atoms with Crippen molar-refractivity contribution in [3.8, 4) is 0 Å². The molecular formula is C17H26ClN7S. The van der Waals surface area contributed by atoms with Crippen molar-refractivity contribution in [3.05, 3.63) is 33.5 Å². The van der Waals surface area contributed by atoms with Crippen LogP contribution in [0.3, 0.4) is 0 Å². The van der Waals surface area contributed by atoms with E-state index in [1.165, 1.54) is 4.88 Å². The lowest BCUT2D eigenvalue weighted by atomic mass is 10.3. The average molecular weight is 396 g/mol. The van der Waals surface area contributed by atoms with Gasteiger partial charge in [-0.05, 0) is 12.1 Å². The van der Waals surface area contributed by atoms with Gasteiger partial charge in [0.05, 0.1) is 4.34 Å². The Morgan fingerprint density at radius 3 is 2.77 bits per heavy atom. The Kier molecular flexibility index (Phi) is 6.87. The molecule has 3 rings (SSSR count). The van der Waals surface area contributed by atoms with Crippen LogP contribution in [0, 0.1) is 0 Å². The lowest BCUT2D eigenvalue weighted by Crippen LogP contribution is -2.52. The maximum absolute atomic E-state index is 6.02. The molecule has 0 unspecified atom stereocenters. The van der Waals surface area contributed by atoms with Crippen LogP contribution in [0.2, 0.25) is 4.34 Å². The molecule has 1 saturated heterocycles. The predicted octanol–water partition coefficient (Wildman–Crippen LogP) is 1.95. The molecular weight excluding hydrogens is 370 g/mol. The highest BCUT2D eigenvalue weighted by molar-refractivity contribution is 7.16. The summed E-state index contributed by atoms with van der Waals surface area (Å²) in [6.45, 7) is 8.74. The number of aryl methyl sites for hydroxylation is 1. The summed E-state index contributed by atoms with van der Waals surface area (Å²) < 4.78 is 2.95. The Bertz CT molecular complexity index is 718. The Morgan fingerprint density at radius 1 is 1.31 bits per heavy atom. The number of rotatable bonds is 6. The summed E-state index contributed by atoms with van der Waals surface area (Å²) in [4.78, 5) is 10.6. The Hall–Kier alpha value is -1.64. The Morgan fingerprint density at radius 2 is 2.12 bits per heavy atom. The van der Waals surface area contributed by atoms with E-state index in [1.54, 1.807) is 17.7 Å². The molecule has 1 aliphatic rings. The van der Waals surface area contributed by atoms with Gasteiger partial charge in [-0.15, -0.1) is 21.5 Å². The van der Waals surface area contributed by atoms with E-state index in [2.05, 4.69) is 47.9 Å². The van der Waals surface area contributed by atoms with Crippen molar-refractivity contribution in [1.82, 2.24) is 29.9 Å². The van der Waals surface area contributed by atoms with Crippen LogP contribution in [0.1, 0.15) is 17.6 Å². The van der Waals surface area contributed by atoms with Gasteiger partial charge in [0.2, 0.25) is 0 Å². The number of aromatic nitrogens is 3. The van der Waals surface area contributed by atoms with Crippen molar-refractivity contribution < 1.29 is 0 Å². The summed E-state index contributed by atoms with van der Waals surface area (Å²) in [5.74, 6) is 1.99. The molecule has 1 N–H and O–H groups in total. The van der Waals surface area contributed by atoms with Crippen LogP contribution in [-0.4, -0.2) is 70.3 Å². The number of piperazine rings is 1. The molecule has 0 radical (unpaired) electrons. The highest BCUT2D eigenvalue weighted by atomic mass is 35.5. The van der Waals surface area contributed by atoms with Crippen LogP contribution in [0.4, 0.5) is 0 Å². The zero-order chi connectivity index (χ0) is 18.4. The largest absolute Gasteiger partial charge is 0.354 e. The van der Waals surface area contributed by atoms with Gasteiger partial charge in [-0.2, -0.15) is 0 Å². The summed E-state index contributed by atoms with van der Waals surface area (Å²) in [6, 6.07) is 4.10. The summed E-state index contributed by atoms with van der Waals surface area (Å²) in [5, 5.41) is 11.6. The number of halogens is 1. The van der Waals surface area contributed by atoms with Gasteiger partial charge in [0.1, 0.15) is 12.2 Å². The molecule has 2 aromatic heterocycles. The van der Waals surface area contributed by atoms with Crippen molar-refractivity contribution >= 4 is 28.9 Å². The first-order valence-electron chi connectivity index (χ1n) is 8.98.